The van der Waals surface area contributed by atoms with Gasteiger partial charge in [-0.1, -0.05) is 12.1 Å². The van der Waals surface area contributed by atoms with Crippen molar-refractivity contribution in [2.45, 2.75) is 6.92 Å². The van der Waals surface area contributed by atoms with Crippen LogP contribution in [0.5, 0.6) is 0 Å². The van der Waals surface area contributed by atoms with Crippen LogP contribution in [0.25, 0.3) is 0 Å². The molecule has 0 unspecified atom stereocenters. The summed E-state index contributed by atoms with van der Waals surface area (Å²) in [6, 6.07) is 7.63. The zero-order valence-corrected chi connectivity index (χ0v) is 11.6. The van der Waals surface area contributed by atoms with E-state index in [0.29, 0.717) is 20.6 Å². The molecule has 0 atom stereocenters. The molecule has 2 N–H and O–H groups in total. The summed E-state index contributed by atoms with van der Waals surface area (Å²) in [6.07, 6.45) is 1.33. The number of H-pyrrole nitrogens is 1. The fourth-order valence-electron chi connectivity index (χ4n) is 1.52. The van der Waals surface area contributed by atoms with Crippen LogP contribution in [-0.4, -0.2) is 9.97 Å². The van der Waals surface area contributed by atoms with Gasteiger partial charge in [0.2, 0.25) is 0 Å². The second-order valence-corrected chi connectivity index (χ2v) is 4.71. The van der Waals surface area contributed by atoms with Crippen molar-refractivity contribution >= 4 is 34.1 Å². The highest BCUT2D eigenvalue weighted by molar-refractivity contribution is 14.1. The molecule has 0 saturated carbocycles. The highest BCUT2D eigenvalue weighted by Gasteiger charge is 2.09. The van der Waals surface area contributed by atoms with Crippen molar-refractivity contribution in [2.75, 3.05) is 5.32 Å². The summed E-state index contributed by atoms with van der Waals surface area (Å²) in [7, 11) is 0. The van der Waals surface area contributed by atoms with Gasteiger partial charge in [0.25, 0.3) is 5.56 Å². The Morgan fingerprint density at radius 3 is 3.00 bits per heavy atom. The molecule has 2 aromatic rings. The van der Waals surface area contributed by atoms with Crippen LogP contribution in [0, 0.1) is 21.8 Å². The molecule has 2 rings (SSSR count). The minimum atomic E-state index is -0.209. The molecule has 1 aromatic heterocycles. The average molecular weight is 352 g/mol. The molecular formula is C12H9IN4O. The molecule has 1 aromatic carbocycles. The minimum absolute atomic E-state index is 0.209. The van der Waals surface area contributed by atoms with Crippen molar-refractivity contribution in [2.24, 2.45) is 0 Å². The Bertz CT molecular complexity index is 687. The molecule has 6 heteroatoms. The third kappa shape index (κ3) is 2.36. The lowest BCUT2D eigenvalue weighted by Crippen LogP contribution is -2.13. The van der Waals surface area contributed by atoms with E-state index in [4.69, 9.17) is 5.26 Å². The van der Waals surface area contributed by atoms with Crippen LogP contribution in [-0.2, 0) is 0 Å². The SMILES string of the molecule is Cc1cccc(Nc2nc[nH]c(=O)c2I)c1C#N. The number of aryl methyl sites for hydroxylation is 1. The number of hydrogen-bond acceptors (Lipinski definition) is 4. The number of nitriles is 1. The third-order valence-corrected chi connectivity index (χ3v) is 3.44. The largest absolute Gasteiger partial charge is 0.338 e. The predicted octanol–water partition coefficient (Wildman–Crippen LogP) is 2.30. The number of aromatic nitrogens is 2. The van der Waals surface area contributed by atoms with E-state index >= 15 is 0 Å². The molecule has 0 aliphatic rings. The van der Waals surface area contributed by atoms with Gasteiger partial charge in [0.15, 0.2) is 5.82 Å². The lowest BCUT2D eigenvalue weighted by atomic mass is 10.1. The van der Waals surface area contributed by atoms with Gasteiger partial charge in [0.05, 0.1) is 17.6 Å². The van der Waals surface area contributed by atoms with Crippen LogP contribution in [0.2, 0.25) is 0 Å². The molecule has 0 aliphatic carbocycles. The van der Waals surface area contributed by atoms with Gasteiger partial charge in [-0.15, -0.1) is 0 Å². The molecule has 1 heterocycles. The van der Waals surface area contributed by atoms with E-state index < -0.39 is 0 Å². The van der Waals surface area contributed by atoms with Gasteiger partial charge in [0, 0.05) is 0 Å². The zero-order chi connectivity index (χ0) is 13.1. The second kappa shape index (κ2) is 5.18. The number of nitrogens with zero attached hydrogens (tertiary/aromatic N) is 2. The Hall–Kier alpha value is -1.88. The van der Waals surface area contributed by atoms with Crippen LogP contribution in [0.1, 0.15) is 11.1 Å². The van der Waals surface area contributed by atoms with Gasteiger partial charge >= 0.3 is 0 Å². The van der Waals surface area contributed by atoms with Crippen molar-refractivity contribution in [3.63, 3.8) is 0 Å². The minimum Gasteiger partial charge on any atom is -0.338 e. The molecule has 0 spiro atoms. The van der Waals surface area contributed by atoms with Crippen molar-refractivity contribution in [1.29, 1.82) is 5.26 Å². The Balaban J connectivity index is 2.47. The first-order valence-electron chi connectivity index (χ1n) is 5.13. The average Bonchev–Trinajstić information content (AvgIpc) is 2.35. The molecule has 0 radical (unpaired) electrons. The number of anilines is 2. The highest BCUT2D eigenvalue weighted by atomic mass is 127. The quantitative estimate of drug-likeness (QED) is 0.813. The number of halogens is 1. The first kappa shape index (κ1) is 12.6. The third-order valence-electron chi connectivity index (χ3n) is 2.43. The molecule has 90 valence electrons. The van der Waals surface area contributed by atoms with E-state index in [0.717, 1.165) is 5.56 Å². The van der Waals surface area contributed by atoms with E-state index in [2.05, 4.69) is 21.4 Å². The standard InChI is InChI=1S/C12H9IN4O/c1-7-3-2-4-9(8(7)5-14)17-11-10(13)12(18)16-6-15-11/h2-4,6H,1H3,(H2,15,16,17,18). The smallest absolute Gasteiger partial charge is 0.266 e. The van der Waals surface area contributed by atoms with Crippen molar-refractivity contribution in [3.8, 4) is 6.07 Å². The van der Waals surface area contributed by atoms with Gasteiger partial charge in [-0.3, -0.25) is 4.79 Å². The van der Waals surface area contributed by atoms with E-state index in [1.165, 1.54) is 6.33 Å². The van der Waals surface area contributed by atoms with E-state index in [-0.39, 0.29) is 5.56 Å². The maximum Gasteiger partial charge on any atom is 0.266 e. The van der Waals surface area contributed by atoms with Crippen LogP contribution in [0.15, 0.2) is 29.3 Å². The number of benzene rings is 1. The summed E-state index contributed by atoms with van der Waals surface area (Å²) in [5.41, 5.74) is 1.87. The van der Waals surface area contributed by atoms with Crippen LogP contribution in [0.3, 0.4) is 0 Å². The lowest BCUT2D eigenvalue weighted by Gasteiger charge is -2.09. The monoisotopic (exact) mass is 352 g/mol. The topological polar surface area (TPSA) is 81.6 Å². The molecule has 5 nitrogen and oxygen atoms in total. The van der Waals surface area contributed by atoms with Gasteiger partial charge in [-0.2, -0.15) is 5.26 Å². The Morgan fingerprint density at radius 1 is 1.50 bits per heavy atom. The first-order valence-corrected chi connectivity index (χ1v) is 6.21. The summed E-state index contributed by atoms with van der Waals surface area (Å²) >= 11 is 1.91. The second-order valence-electron chi connectivity index (χ2n) is 3.63. The molecule has 0 aliphatic heterocycles. The summed E-state index contributed by atoms with van der Waals surface area (Å²) in [5.74, 6) is 0.446. The summed E-state index contributed by atoms with van der Waals surface area (Å²) in [6.45, 7) is 1.86. The van der Waals surface area contributed by atoms with Gasteiger partial charge in [-0.25, -0.2) is 4.98 Å². The fraction of sp³-hybridized carbons (Fsp3) is 0.0833. The Labute approximate surface area is 117 Å². The molecule has 0 amide bonds. The summed E-state index contributed by atoms with van der Waals surface area (Å²) in [5, 5.41) is 12.1. The van der Waals surface area contributed by atoms with E-state index in [1.54, 1.807) is 6.07 Å². The maximum atomic E-state index is 11.4. The maximum absolute atomic E-state index is 11.4. The van der Waals surface area contributed by atoms with E-state index in [9.17, 15) is 4.79 Å². The zero-order valence-electron chi connectivity index (χ0n) is 9.49. The molecule has 18 heavy (non-hydrogen) atoms. The fourth-order valence-corrected chi connectivity index (χ4v) is 1.95. The van der Waals surface area contributed by atoms with Crippen molar-refractivity contribution in [1.82, 2.24) is 9.97 Å². The molecule has 0 saturated heterocycles. The molecule has 0 fully saturated rings. The molecule has 0 bridgehead atoms. The van der Waals surface area contributed by atoms with Crippen LogP contribution < -0.4 is 10.9 Å². The molecular weight excluding hydrogens is 343 g/mol. The lowest BCUT2D eigenvalue weighted by molar-refractivity contribution is 1.10. The van der Waals surface area contributed by atoms with E-state index in [1.807, 2.05) is 41.6 Å². The number of hydrogen-bond donors (Lipinski definition) is 2. The van der Waals surface area contributed by atoms with Crippen molar-refractivity contribution < 1.29 is 0 Å². The van der Waals surface area contributed by atoms with Crippen LogP contribution >= 0.6 is 22.6 Å². The normalized spacial score (nSPS) is 9.83. The van der Waals surface area contributed by atoms with Gasteiger partial charge in [0.1, 0.15) is 9.64 Å². The van der Waals surface area contributed by atoms with Gasteiger partial charge in [-0.05, 0) is 41.1 Å². The number of aromatic amines is 1. The summed E-state index contributed by atoms with van der Waals surface area (Å²) in [4.78, 5) is 18.0. The summed E-state index contributed by atoms with van der Waals surface area (Å²) < 4.78 is 0.459. The number of nitrogens with one attached hydrogen (secondary N) is 2. The number of rotatable bonds is 2. The van der Waals surface area contributed by atoms with Crippen LogP contribution in [0.4, 0.5) is 11.5 Å². The Morgan fingerprint density at radius 2 is 2.28 bits per heavy atom. The van der Waals surface area contributed by atoms with Gasteiger partial charge < -0.3 is 10.3 Å². The predicted molar refractivity (Wildman–Crippen MR) is 76.8 cm³/mol. The first-order chi connectivity index (χ1) is 8.63. The Kier molecular flexibility index (Phi) is 3.62. The highest BCUT2D eigenvalue weighted by Crippen LogP contribution is 2.23. The van der Waals surface area contributed by atoms with Crippen molar-refractivity contribution in [3.05, 3.63) is 49.6 Å².